The number of allylic oxidation sites excluding steroid dienone is 3. The molecule has 1 aliphatic heterocycles. The van der Waals surface area contributed by atoms with Crippen molar-refractivity contribution in [3.05, 3.63) is 82.6 Å². The van der Waals surface area contributed by atoms with Gasteiger partial charge in [-0.05, 0) is 60.7 Å². The molecule has 1 unspecified atom stereocenters. The van der Waals surface area contributed by atoms with Gasteiger partial charge in [-0.15, -0.1) is 10.2 Å². The van der Waals surface area contributed by atoms with Crippen LogP contribution in [0, 0.1) is 22.6 Å². The third-order valence-corrected chi connectivity index (χ3v) is 8.99. The zero-order valence-electron chi connectivity index (χ0n) is 23.3. The Morgan fingerprint density at radius 1 is 1.21 bits per heavy atom. The van der Waals surface area contributed by atoms with E-state index < -0.39 is 11.7 Å². The van der Waals surface area contributed by atoms with Crippen LogP contribution in [0.25, 0.3) is 0 Å². The number of ketones is 1. The van der Waals surface area contributed by atoms with E-state index in [0.29, 0.717) is 51.4 Å². The van der Waals surface area contributed by atoms with Crippen LogP contribution in [-0.2, 0) is 9.59 Å². The number of anilines is 2. The van der Waals surface area contributed by atoms with Crippen molar-refractivity contribution in [2.24, 2.45) is 11.1 Å². The Labute approximate surface area is 251 Å². The fourth-order valence-corrected chi connectivity index (χ4v) is 6.87. The van der Waals surface area contributed by atoms with Gasteiger partial charge >= 0.3 is 0 Å². The lowest BCUT2D eigenvalue weighted by atomic mass is 9.69. The fraction of sp³-hybridized carbons (Fsp3) is 0.300. The van der Waals surface area contributed by atoms with Crippen LogP contribution in [-0.4, -0.2) is 34.2 Å². The number of hydrogen-bond donors (Lipinski definition) is 2. The van der Waals surface area contributed by atoms with E-state index in [1.807, 2.05) is 20.8 Å². The number of nitriles is 1. The molecule has 1 aliphatic carbocycles. The smallest absolute Gasteiger partial charge is 0.234 e. The Morgan fingerprint density at radius 3 is 2.60 bits per heavy atom. The quantitative estimate of drug-likeness (QED) is 0.308. The molecule has 3 N–H and O–H groups in total. The maximum atomic E-state index is 13.7. The van der Waals surface area contributed by atoms with Crippen LogP contribution in [0.3, 0.4) is 0 Å². The molecular formula is C30H29FN6O3S2. The summed E-state index contributed by atoms with van der Waals surface area (Å²) in [5.41, 5.74) is 8.85. The number of hydrogen-bond acceptors (Lipinski definition) is 10. The van der Waals surface area contributed by atoms with Crippen molar-refractivity contribution in [1.82, 2.24) is 10.2 Å². The molecule has 1 aromatic heterocycles. The largest absolute Gasteiger partial charge is 0.494 e. The predicted molar refractivity (Wildman–Crippen MR) is 160 cm³/mol. The molecule has 0 radical (unpaired) electrons. The first-order valence-corrected chi connectivity index (χ1v) is 15.1. The minimum Gasteiger partial charge on any atom is -0.494 e. The molecule has 0 spiro atoms. The van der Waals surface area contributed by atoms with Crippen LogP contribution in [0.1, 0.15) is 45.1 Å². The number of carbonyl (C=O) groups excluding carboxylic acids is 2. The molecule has 3 aromatic rings. The summed E-state index contributed by atoms with van der Waals surface area (Å²) < 4.78 is 19.7. The van der Waals surface area contributed by atoms with Crippen LogP contribution in [0.4, 0.5) is 15.2 Å². The van der Waals surface area contributed by atoms with Crippen molar-refractivity contribution in [1.29, 1.82) is 5.26 Å². The summed E-state index contributed by atoms with van der Waals surface area (Å²) in [5.74, 6) is -0.452. The van der Waals surface area contributed by atoms with Gasteiger partial charge in [0.05, 0.1) is 29.9 Å². The average molecular weight is 605 g/mol. The Bertz CT molecular complexity index is 1620. The normalized spacial score (nSPS) is 18.0. The molecule has 2 aromatic carbocycles. The van der Waals surface area contributed by atoms with E-state index in [1.54, 1.807) is 41.3 Å². The molecule has 1 atom stereocenters. The van der Waals surface area contributed by atoms with Crippen molar-refractivity contribution in [3.8, 4) is 11.8 Å². The van der Waals surface area contributed by atoms with Crippen LogP contribution < -0.4 is 20.7 Å². The number of rotatable bonds is 8. The first-order chi connectivity index (χ1) is 20.1. The number of thioether (sulfide) groups is 1. The molecule has 216 valence electrons. The zero-order valence-corrected chi connectivity index (χ0v) is 24.9. The minimum absolute atomic E-state index is 0.0918. The molecule has 0 fully saturated rings. The van der Waals surface area contributed by atoms with Gasteiger partial charge in [-0.2, -0.15) is 5.26 Å². The summed E-state index contributed by atoms with van der Waals surface area (Å²) in [5, 5.41) is 22.0. The Balaban J connectivity index is 1.41. The summed E-state index contributed by atoms with van der Waals surface area (Å²) in [4.78, 5) is 27.8. The second-order valence-electron chi connectivity index (χ2n) is 10.7. The van der Waals surface area contributed by atoms with E-state index in [4.69, 9.17) is 10.5 Å². The van der Waals surface area contributed by atoms with Crippen molar-refractivity contribution >= 4 is 45.6 Å². The first kappa shape index (κ1) is 29.3. The Hall–Kier alpha value is -4.21. The number of ether oxygens (including phenoxy) is 1. The first-order valence-electron chi connectivity index (χ1n) is 13.3. The third kappa shape index (κ3) is 6.03. The molecule has 2 aliphatic rings. The summed E-state index contributed by atoms with van der Waals surface area (Å²) in [6.07, 6.45) is 0.814. The van der Waals surface area contributed by atoms with Gasteiger partial charge in [0.1, 0.15) is 17.4 Å². The Kier molecular flexibility index (Phi) is 8.34. The van der Waals surface area contributed by atoms with E-state index in [-0.39, 0.29) is 34.3 Å². The SMILES string of the molecule is CCOc1ccc(NC(=O)CSc2nnc(N3C(N)=C(C#N)C(c4ccc(F)cc4)C4=C3CC(C)(C)CC4=O)s2)cc1. The van der Waals surface area contributed by atoms with Crippen molar-refractivity contribution in [2.75, 3.05) is 22.6 Å². The number of nitrogens with one attached hydrogen (secondary N) is 1. The predicted octanol–water partition coefficient (Wildman–Crippen LogP) is 5.75. The summed E-state index contributed by atoms with van der Waals surface area (Å²) >= 11 is 2.44. The lowest BCUT2D eigenvalue weighted by molar-refractivity contribution is -0.118. The molecule has 0 saturated heterocycles. The highest BCUT2D eigenvalue weighted by atomic mass is 32.2. The van der Waals surface area contributed by atoms with Crippen LogP contribution in [0.15, 0.2) is 75.5 Å². The number of aromatic nitrogens is 2. The van der Waals surface area contributed by atoms with Crippen molar-refractivity contribution in [3.63, 3.8) is 0 Å². The van der Waals surface area contributed by atoms with E-state index >= 15 is 0 Å². The summed E-state index contributed by atoms with van der Waals surface area (Å²) in [7, 11) is 0. The molecule has 9 nitrogen and oxygen atoms in total. The van der Waals surface area contributed by atoms with E-state index in [1.165, 1.54) is 35.2 Å². The van der Waals surface area contributed by atoms with Gasteiger partial charge in [0, 0.05) is 23.4 Å². The van der Waals surface area contributed by atoms with Gasteiger partial charge in [-0.1, -0.05) is 49.1 Å². The molecular weight excluding hydrogens is 576 g/mol. The number of benzene rings is 2. The standard InChI is InChI=1S/C30H29FN6O3S2/c1-4-40-20-11-9-19(10-12-20)34-24(39)16-41-29-36-35-28(42-29)37-22-13-30(2,3)14-23(38)26(22)25(21(15-32)27(37)33)17-5-7-18(31)8-6-17/h5-12,25H,4,13-14,16,33H2,1-3H3,(H,34,39). The number of amides is 1. The second kappa shape index (κ2) is 12.0. The minimum atomic E-state index is -0.710. The van der Waals surface area contributed by atoms with E-state index in [2.05, 4.69) is 21.6 Å². The topological polar surface area (TPSA) is 134 Å². The van der Waals surface area contributed by atoms with Gasteiger partial charge in [0.25, 0.3) is 0 Å². The average Bonchev–Trinajstić information content (AvgIpc) is 3.41. The van der Waals surface area contributed by atoms with Gasteiger partial charge in [-0.3, -0.25) is 14.5 Å². The second-order valence-corrected chi connectivity index (χ2v) is 12.9. The van der Waals surface area contributed by atoms with Crippen LogP contribution >= 0.6 is 23.1 Å². The van der Waals surface area contributed by atoms with Crippen LogP contribution in [0.5, 0.6) is 5.75 Å². The zero-order chi connectivity index (χ0) is 30.0. The van der Waals surface area contributed by atoms with Crippen molar-refractivity contribution in [2.45, 2.75) is 43.9 Å². The van der Waals surface area contributed by atoms with Gasteiger partial charge < -0.3 is 15.8 Å². The lowest BCUT2D eigenvalue weighted by Crippen LogP contribution is -2.42. The molecule has 0 saturated carbocycles. The highest BCUT2D eigenvalue weighted by Gasteiger charge is 2.45. The maximum Gasteiger partial charge on any atom is 0.234 e. The molecule has 2 heterocycles. The third-order valence-electron chi connectivity index (χ3n) is 6.95. The number of nitrogens with two attached hydrogens (primary N) is 1. The van der Waals surface area contributed by atoms with Gasteiger partial charge in [0.2, 0.25) is 11.0 Å². The van der Waals surface area contributed by atoms with E-state index in [0.717, 1.165) is 5.75 Å². The van der Waals surface area contributed by atoms with Gasteiger partial charge in [0.15, 0.2) is 10.1 Å². The number of carbonyl (C=O) groups is 2. The molecule has 12 heteroatoms. The highest BCUT2D eigenvalue weighted by Crippen LogP contribution is 2.50. The number of Topliss-reactive ketones (excluding diaryl/α,β-unsaturated/α-hetero) is 1. The molecule has 5 rings (SSSR count). The monoisotopic (exact) mass is 604 g/mol. The summed E-state index contributed by atoms with van der Waals surface area (Å²) in [6.45, 7) is 6.47. The molecule has 0 bridgehead atoms. The maximum absolute atomic E-state index is 13.7. The van der Waals surface area contributed by atoms with Crippen LogP contribution in [0.2, 0.25) is 0 Å². The Morgan fingerprint density at radius 2 is 1.93 bits per heavy atom. The summed E-state index contributed by atoms with van der Waals surface area (Å²) in [6, 6.07) is 15.1. The fourth-order valence-electron chi connectivity index (χ4n) is 5.19. The van der Waals surface area contributed by atoms with Crippen molar-refractivity contribution < 1.29 is 18.7 Å². The van der Waals surface area contributed by atoms with Gasteiger partial charge in [-0.25, -0.2) is 4.39 Å². The lowest BCUT2D eigenvalue weighted by Gasteiger charge is -2.42. The molecule has 42 heavy (non-hydrogen) atoms. The molecule has 1 amide bonds. The number of halogens is 1. The highest BCUT2D eigenvalue weighted by molar-refractivity contribution is 8.01. The number of nitrogens with zero attached hydrogens (tertiary/aromatic N) is 4. The van der Waals surface area contributed by atoms with E-state index in [9.17, 15) is 19.2 Å².